The van der Waals surface area contributed by atoms with Crippen molar-refractivity contribution in [3.8, 4) is 0 Å². The highest BCUT2D eigenvalue weighted by Crippen LogP contribution is 2.13. The number of aryl methyl sites for hydroxylation is 1. The zero-order valence-electron chi connectivity index (χ0n) is 10.00. The van der Waals surface area contributed by atoms with E-state index in [0.29, 0.717) is 18.7 Å². The van der Waals surface area contributed by atoms with Crippen molar-refractivity contribution in [3.05, 3.63) is 41.7 Å². The second-order valence-electron chi connectivity index (χ2n) is 3.50. The Kier molecular flexibility index (Phi) is 5.20. The molecule has 4 heteroatoms. The van der Waals surface area contributed by atoms with E-state index in [1.165, 1.54) is 12.1 Å². The molecule has 17 heavy (non-hydrogen) atoms. The lowest BCUT2D eigenvalue weighted by Gasteiger charge is -2.04. The predicted molar refractivity (Wildman–Crippen MR) is 65.4 cm³/mol. The number of ether oxygens (including phenoxy) is 1. The van der Waals surface area contributed by atoms with Gasteiger partial charge < -0.3 is 10.1 Å². The van der Waals surface area contributed by atoms with Gasteiger partial charge in [-0.05, 0) is 37.6 Å². The van der Waals surface area contributed by atoms with Crippen LogP contribution in [0.4, 0.5) is 10.1 Å². The van der Waals surface area contributed by atoms with E-state index in [9.17, 15) is 9.18 Å². The second-order valence-corrected chi connectivity index (χ2v) is 3.50. The molecule has 0 aliphatic heterocycles. The third-order valence-corrected chi connectivity index (χ3v) is 2.12. The molecule has 0 unspecified atom stereocenters. The van der Waals surface area contributed by atoms with Gasteiger partial charge in [-0.2, -0.15) is 0 Å². The monoisotopic (exact) mass is 237 g/mol. The lowest BCUT2D eigenvalue weighted by molar-refractivity contribution is -0.137. The largest absolute Gasteiger partial charge is 0.463 e. The van der Waals surface area contributed by atoms with Crippen LogP contribution in [0.5, 0.6) is 0 Å². The van der Waals surface area contributed by atoms with Gasteiger partial charge in [0.25, 0.3) is 0 Å². The Morgan fingerprint density at radius 2 is 2.29 bits per heavy atom. The number of rotatable bonds is 5. The summed E-state index contributed by atoms with van der Waals surface area (Å²) in [4.78, 5) is 11.0. The molecule has 0 aromatic heterocycles. The molecule has 0 saturated heterocycles. The Hall–Kier alpha value is -1.84. The van der Waals surface area contributed by atoms with Crippen LogP contribution in [0.15, 0.2) is 30.4 Å². The number of hydrogen-bond acceptors (Lipinski definition) is 3. The molecule has 0 radical (unpaired) electrons. The number of hydrogen-bond donors (Lipinski definition) is 1. The lowest BCUT2D eigenvalue weighted by atomic mass is 10.2. The van der Waals surface area contributed by atoms with Crippen LogP contribution in [-0.4, -0.2) is 19.1 Å². The minimum atomic E-state index is -0.357. The van der Waals surface area contributed by atoms with Gasteiger partial charge in [0.15, 0.2) is 0 Å². The highest BCUT2D eigenvalue weighted by molar-refractivity contribution is 5.81. The molecule has 1 N–H and O–H groups in total. The summed E-state index contributed by atoms with van der Waals surface area (Å²) >= 11 is 0. The summed E-state index contributed by atoms with van der Waals surface area (Å²) < 4.78 is 17.7. The lowest BCUT2D eigenvalue weighted by Crippen LogP contribution is -2.02. The molecular formula is C13H16FNO2. The van der Waals surface area contributed by atoms with Crippen LogP contribution in [0.3, 0.4) is 0 Å². The Bertz CT molecular complexity index is 416. The molecule has 3 nitrogen and oxygen atoms in total. The summed E-state index contributed by atoms with van der Waals surface area (Å²) in [6.07, 6.45) is 3.03. The number of anilines is 1. The molecule has 0 heterocycles. The van der Waals surface area contributed by atoms with E-state index in [1.54, 1.807) is 32.1 Å². The van der Waals surface area contributed by atoms with Crippen molar-refractivity contribution in [3.63, 3.8) is 0 Å². The predicted octanol–water partition coefficient (Wildman–Crippen LogP) is 2.67. The summed E-state index contributed by atoms with van der Waals surface area (Å²) in [5.41, 5.74) is 1.40. The average Bonchev–Trinajstić information content (AvgIpc) is 2.29. The number of carbonyl (C=O) groups excluding carboxylic acids is 1. The van der Waals surface area contributed by atoms with Gasteiger partial charge in [-0.3, -0.25) is 0 Å². The molecule has 0 aliphatic carbocycles. The van der Waals surface area contributed by atoms with Crippen molar-refractivity contribution in [2.75, 3.05) is 18.5 Å². The van der Waals surface area contributed by atoms with Gasteiger partial charge >= 0.3 is 5.97 Å². The molecule has 0 amide bonds. The Morgan fingerprint density at radius 1 is 1.53 bits per heavy atom. The van der Waals surface area contributed by atoms with Gasteiger partial charge in [-0.1, -0.05) is 6.08 Å². The van der Waals surface area contributed by atoms with Crippen LogP contribution in [-0.2, 0) is 9.53 Å². The SMILES string of the molecule is CCOC(=O)/C=C/CNc1ccc(F)c(C)c1. The number of esters is 1. The van der Waals surface area contributed by atoms with Crippen LogP contribution in [0.25, 0.3) is 0 Å². The van der Waals surface area contributed by atoms with E-state index >= 15 is 0 Å². The fourth-order valence-corrected chi connectivity index (χ4v) is 1.28. The molecule has 1 aromatic rings. The fourth-order valence-electron chi connectivity index (χ4n) is 1.28. The number of benzene rings is 1. The Balaban J connectivity index is 2.40. The maximum absolute atomic E-state index is 13.0. The molecule has 0 bridgehead atoms. The van der Waals surface area contributed by atoms with Crippen molar-refractivity contribution >= 4 is 11.7 Å². The van der Waals surface area contributed by atoms with E-state index in [0.717, 1.165) is 5.69 Å². The van der Waals surface area contributed by atoms with Gasteiger partial charge in [-0.25, -0.2) is 9.18 Å². The van der Waals surface area contributed by atoms with Crippen LogP contribution in [0.2, 0.25) is 0 Å². The van der Waals surface area contributed by atoms with Gasteiger partial charge in [0, 0.05) is 18.3 Å². The van der Waals surface area contributed by atoms with Crippen LogP contribution in [0.1, 0.15) is 12.5 Å². The van der Waals surface area contributed by atoms with Gasteiger partial charge in [-0.15, -0.1) is 0 Å². The van der Waals surface area contributed by atoms with Crippen LogP contribution in [0, 0.1) is 12.7 Å². The summed E-state index contributed by atoms with van der Waals surface area (Å²) in [5.74, 6) is -0.581. The van der Waals surface area contributed by atoms with E-state index in [-0.39, 0.29) is 11.8 Å². The number of halogens is 1. The summed E-state index contributed by atoms with van der Waals surface area (Å²) in [6, 6.07) is 4.78. The first kappa shape index (κ1) is 13.2. The van der Waals surface area contributed by atoms with E-state index in [1.807, 2.05) is 0 Å². The Labute approximate surface area is 100 Å². The van der Waals surface area contributed by atoms with E-state index < -0.39 is 0 Å². The van der Waals surface area contributed by atoms with Gasteiger partial charge in [0.05, 0.1) is 6.61 Å². The van der Waals surface area contributed by atoms with Crippen molar-refractivity contribution in [1.29, 1.82) is 0 Å². The first-order valence-electron chi connectivity index (χ1n) is 5.46. The summed E-state index contributed by atoms with van der Waals surface area (Å²) in [6.45, 7) is 4.32. The molecule has 92 valence electrons. The number of nitrogens with one attached hydrogen (secondary N) is 1. The van der Waals surface area contributed by atoms with Gasteiger partial charge in [0.1, 0.15) is 5.82 Å². The van der Waals surface area contributed by atoms with E-state index in [2.05, 4.69) is 5.32 Å². The van der Waals surface area contributed by atoms with Gasteiger partial charge in [0.2, 0.25) is 0 Å². The minimum Gasteiger partial charge on any atom is -0.463 e. The molecular weight excluding hydrogens is 221 g/mol. The standard InChI is InChI=1S/C13H16FNO2/c1-3-17-13(16)5-4-8-15-11-6-7-12(14)10(2)9-11/h4-7,9,15H,3,8H2,1-2H3/b5-4+. The highest BCUT2D eigenvalue weighted by atomic mass is 19.1. The zero-order valence-corrected chi connectivity index (χ0v) is 10.00. The maximum atomic E-state index is 13.0. The summed E-state index contributed by atoms with van der Waals surface area (Å²) in [7, 11) is 0. The summed E-state index contributed by atoms with van der Waals surface area (Å²) in [5, 5.41) is 3.05. The second kappa shape index (κ2) is 6.68. The van der Waals surface area contributed by atoms with Crippen molar-refractivity contribution in [2.45, 2.75) is 13.8 Å². The van der Waals surface area contributed by atoms with Crippen molar-refractivity contribution < 1.29 is 13.9 Å². The smallest absolute Gasteiger partial charge is 0.330 e. The zero-order chi connectivity index (χ0) is 12.7. The van der Waals surface area contributed by atoms with Crippen LogP contribution >= 0.6 is 0 Å². The minimum absolute atomic E-state index is 0.224. The Morgan fingerprint density at radius 3 is 2.94 bits per heavy atom. The average molecular weight is 237 g/mol. The molecule has 0 aliphatic rings. The maximum Gasteiger partial charge on any atom is 0.330 e. The molecule has 0 spiro atoms. The molecule has 0 saturated carbocycles. The topological polar surface area (TPSA) is 38.3 Å². The third-order valence-electron chi connectivity index (χ3n) is 2.12. The molecule has 1 rings (SSSR count). The third kappa shape index (κ3) is 4.68. The highest BCUT2D eigenvalue weighted by Gasteiger charge is 1.97. The van der Waals surface area contributed by atoms with Crippen molar-refractivity contribution in [2.24, 2.45) is 0 Å². The molecule has 0 atom stereocenters. The van der Waals surface area contributed by atoms with Crippen molar-refractivity contribution in [1.82, 2.24) is 0 Å². The quantitative estimate of drug-likeness (QED) is 0.632. The number of carbonyl (C=O) groups is 1. The first-order chi connectivity index (χ1) is 8.13. The van der Waals surface area contributed by atoms with E-state index in [4.69, 9.17) is 4.74 Å². The first-order valence-corrected chi connectivity index (χ1v) is 5.46. The fraction of sp³-hybridized carbons (Fsp3) is 0.308. The van der Waals surface area contributed by atoms with Crippen LogP contribution < -0.4 is 5.32 Å². The molecule has 1 aromatic carbocycles. The normalized spacial score (nSPS) is 10.5. The molecule has 0 fully saturated rings.